The Hall–Kier alpha value is -3.91. The van der Waals surface area contributed by atoms with Crippen LogP contribution >= 0.6 is 0 Å². The highest BCUT2D eigenvalue weighted by atomic mass is 32.2. The Morgan fingerprint density at radius 1 is 0.914 bits per heavy atom. The van der Waals surface area contributed by atoms with Crippen molar-refractivity contribution in [3.05, 3.63) is 102 Å². The fourth-order valence-electron chi connectivity index (χ4n) is 4.26. The number of rotatable bonds is 6. The number of sulfonamides is 1. The molecule has 0 spiro atoms. The summed E-state index contributed by atoms with van der Waals surface area (Å²) in [4.78, 5) is 0. The number of aromatic nitrogens is 2. The van der Waals surface area contributed by atoms with Gasteiger partial charge in [-0.05, 0) is 48.9 Å². The highest BCUT2D eigenvalue weighted by Crippen LogP contribution is 2.39. The van der Waals surface area contributed by atoms with Crippen molar-refractivity contribution in [2.45, 2.75) is 19.4 Å². The van der Waals surface area contributed by atoms with E-state index in [4.69, 9.17) is 9.84 Å². The van der Waals surface area contributed by atoms with Crippen molar-refractivity contribution in [3.63, 3.8) is 0 Å². The van der Waals surface area contributed by atoms with Gasteiger partial charge in [0.25, 0.3) is 0 Å². The van der Waals surface area contributed by atoms with Gasteiger partial charge in [-0.1, -0.05) is 48.0 Å². The van der Waals surface area contributed by atoms with Gasteiger partial charge in [0, 0.05) is 23.7 Å². The van der Waals surface area contributed by atoms with Crippen LogP contribution in [0.5, 0.6) is 5.75 Å². The molecular weight excluding hydrogens is 460 g/mol. The summed E-state index contributed by atoms with van der Waals surface area (Å²) < 4.78 is 34.0. The van der Waals surface area contributed by atoms with Gasteiger partial charge in [-0.3, -0.25) is 0 Å². The largest absolute Gasteiger partial charge is 0.497 e. The van der Waals surface area contributed by atoms with E-state index in [0.29, 0.717) is 12.1 Å². The Bertz CT molecular complexity index is 1480. The molecule has 8 heteroatoms. The third kappa shape index (κ3) is 4.57. The molecule has 5 rings (SSSR count). The number of hydrogen-bond donors (Lipinski definition) is 0. The molecule has 0 aliphatic carbocycles. The van der Waals surface area contributed by atoms with Crippen LogP contribution in [-0.2, 0) is 10.0 Å². The summed E-state index contributed by atoms with van der Waals surface area (Å²) in [5.74, 6) is 0.737. The Balaban J connectivity index is 1.63. The minimum Gasteiger partial charge on any atom is -0.497 e. The highest BCUT2D eigenvalue weighted by molar-refractivity contribution is 7.88. The maximum Gasteiger partial charge on any atom is 0.247 e. The van der Waals surface area contributed by atoms with E-state index < -0.39 is 16.1 Å². The number of para-hydroxylation sites is 1. The zero-order valence-corrected chi connectivity index (χ0v) is 20.6. The predicted molar refractivity (Wildman–Crippen MR) is 137 cm³/mol. The van der Waals surface area contributed by atoms with Crippen molar-refractivity contribution < 1.29 is 13.2 Å². The van der Waals surface area contributed by atoms with Gasteiger partial charge in [0.2, 0.25) is 10.0 Å². The number of methoxy groups -OCH3 is 1. The molecule has 0 bridgehead atoms. The van der Waals surface area contributed by atoms with Gasteiger partial charge in [0.15, 0.2) is 0 Å². The monoisotopic (exact) mass is 486 g/mol. The first kappa shape index (κ1) is 22.9. The SMILES string of the molecule is COc1ccc(-c2nn(-c3ccccc3)cc2[C@H]2CC(c3ccc(C)cc3)=NN2S(C)(=O)=O)cc1. The lowest BCUT2D eigenvalue weighted by Crippen LogP contribution is -2.26. The minimum atomic E-state index is -3.63. The zero-order valence-electron chi connectivity index (χ0n) is 19.8. The molecule has 0 radical (unpaired) electrons. The summed E-state index contributed by atoms with van der Waals surface area (Å²) >= 11 is 0. The maximum absolute atomic E-state index is 12.8. The quantitative estimate of drug-likeness (QED) is 0.386. The van der Waals surface area contributed by atoms with Crippen molar-refractivity contribution in [1.82, 2.24) is 14.2 Å². The molecule has 4 aromatic rings. The first-order valence-electron chi connectivity index (χ1n) is 11.3. The van der Waals surface area contributed by atoms with E-state index in [1.54, 1.807) is 11.8 Å². The van der Waals surface area contributed by atoms with Crippen LogP contribution in [0.4, 0.5) is 0 Å². The lowest BCUT2D eigenvalue weighted by Gasteiger charge is -2.21. The fourth-order valence-corrected chi connectivity index (χ4v) is 5.16. The van der Waals surface area contributed by atoms with Gasteiger partial charge in [-0.25, -0.2) is 13.1 Å². The molecule has 1 aliphatic rings. The number of nitrogens with zero attached hydrogens (tertiary/aromatic N) is 4. The number of hydrogen-bond acceptors (Lipinski definition) is 5. The fraction of sp³-hybridized carbons (Fsp3) is 0.185. The molecule has 1 aliphatic heterocycles. The van der Waals surface area contributed by atoms with Crippen molar-refractivity contribution in [2.75, 3.05) is 13.4 Å². The average molecular weight is 487 g/mol. The maximum atomic E-state index is 12.8. The third-order valence-corrected chi connectivity index (χ3v) is 7.10. The molecule has 0 N–H and O–H groups in total. The molecule has 0 amide bonds. The van der Waals surface area contributed by atoms with Crippen LogP contribution < -0.4 is 4.74 Å². The van der Waals surface area contributed by atoms with Gasteiger partial charge in [0.05, 0.1) is 36.5 Å². The van der Waals surface area contributed by atoms with E-state index in [2.05, 4.69) is 5.10 Å². The zero-order chi connectivity index (χ0) is 24.6. The van der Waals surface area contributed by atoms with Crippen molar-refractivity contribution >= 4 is 15.7 Å². The second-order valence-electron chi connectivity index (χ2n) is 8.61. The molecule has 3 aromatic carbocycles. The predicted octanol–water partition coefficient (Wildman–Crippen LogP) is 4.97. The van der Waals surface area contributed by atoms with E-state index in [0.717, 1.165) is 39.4 Å². The van der Waals surface area contributed by atoms with Crippen LogP contribution in [0.1, 0.15) is 29.2 Å². The molecule has 35 heavy (non-hydrogen) atoms. The van der Waals surface area contributed by atoms with Crippen LogP contribution in [0.25, 0.3) is 16.9 Å². The molecular formula is C27H26N4O3S. The molecule has 7 nitrogen and oxygen atoms in total. The molecule has 2 heterocycles. The van der Waals surface area contributed by atoms with Crippen LogP contribution in [0, 0.1) is 6.92 Å². The summed E-state index contributed by atoms with van der Waals surface area (Å²) in [6.45, 7) is 2.02. The van der Waals surface area contributed by atoms with E-state index in [1.807, 2.05) is 92.0 Å². The van der Waals surface area contributed by atoms with Crippen molar-refractivity contribution in [1.29, 1.82) is 0 Å². The molecule has 178 valence electrons. The van der Waals surface area contributed by atoms with Crippen molar-refractivity contribution in [2.24, 2.45) is 5.10 Å². The summed E-state index contributed by atoms with van der Waals surface area (Å²) in [7, 11) is -2.00. The van der Waals surface area contributed by atoms with Gasteiger partial charge in [-0.15, -0.1) is 0 Å². The Kier molecular flexibility index (Phi) is 5.90. The second kappa shape index (κ2) is 9.03. The average Bonchev–Trinajstić information content (AvgIpc) is 3.50. The van der Waals surface area contributed by atoms with Crippen LogP contribution in [-0.4, -0.2) is 41.7 Å². The summed E-state index contributed by atoms with van der Waals surface area (Å²) in [5, 5.41) is 9.45. The topological polar surface area (TPSA) is 76.8 Å². The first-order valence-corrected chi connectivity index (χ1v) is 13.1. The van der Waals surface area contributed by atoms with Crippen LogP contribution in [0.3, 0.4) is 0 Å². The Morgan fingerprint density at radius 3 is 2.20 bits per heavy atom. The van der Waals surface area contributed by atoms with Gasteiger partial charge < -0.3 is 4.74 Å². The molecule has 0 unspecified atom stereocenters. The van der Waals surface area contributed by atoms with Crippen molar-refractivity contribution in [3.8, 4) is 22.7 Å². The molecule has 0 saturated carbocycles. The molecule has 1 aromatic heterocycles. The van der Waals surface area contributed by atoms with Gasteiger partial charge >= 0.3 is 0 Å². The smallest absolute Gasteiger partial charge is 0.247 e. The summed E-state index contributed by atoms with van der Waals surface area (Å²) in [5.41, 5.74) is 6.02. The minimum absolute atomic E-state index is 0.444. The lowest BCUT2D eigenvalue weighted by atomic mass is 9.97. The summed E-state index contributed by atoms with van der Waals surface area (Å²) in [6, 6.07) is 24.8. The van der Waals surface area contributed by atoms with E-state index >= 15 is 0 Å². The van der Waals surface area contributed by atoms with E-state index in [-0.39, 0.29) is 0 Å². The number of benzene rings is 3. The first-order chi connectivity index (χ1) is 16.8. The third-order valence-electron chi connectivity index (χ3n) is 6.08. The molecule has 1 atom stereocenters. The molecule has 0 saturated heterocycles. The van der Waals surface area contributed by atoms with E-state index in [1.165, 1.54) is 10.7 Å². The molecule has 0 fully saturated rings. The standard InChI is InChI=1S/C27H26N4O3S/c1-19-9-11-20(12-10-19)25-17-26(31(28-25)35(3,32)33)24-18-30(22-7-5-4-6-8-22)29-27(24)21-13-15-23(34-2)16-14-21/h4-16,18,26H,17H2,1-3H3/t26-/m1/s1. The second-order valence-corrected chi connectivity index (χ2v) is 10.5. The van der Waals surface area contributed by atoms with Gasteiger partial charge in [-0.2, -0.15) is 14.6 Å². The van der Waals surface area contributed by atoms with Crippen LogP contribution in [0.15, 0.2) is 90.2 Å². The van der Waals surface area contributed by atoms with E-state index in [9.17, 15) is 8.42 Å². The number of hydrazone groups is 1. The number of ether oxygens (including phenoxy) is 1. The normalized spacial score (nSPS) is 15.8. The van der Waals surface area contributed by atoms with Crippen LogP contribution in [0.2, 0.25) is 0 Å². The van der Waals surface area contributed by atoms with Gasteiger partial charge in [0.1, 0.15) is 5.75 Å². The Morgan fingerprint density at radius 2 is 1.57 bits per heavy atom. The lowest BCUT2D eigenvalue weighted by molar-refractivity contribution is 0.375. The number of aryl methyl sites for hydroxylation is 1. The highest BCUT2D eigenvalue weighted by Gasteiger charge is 2.37. The summed E-state index contributed by atoms with van der Waals surface area (Å²) in [6.07, 6.45) is 3.54. The Labute approximate surface area is 205 Å².